The van der Waals surface area contributed by atoms with Gasteiger partial charge in [0.25, 0.3) is 0 Å². The molecule has 0 saturated heterocycles. The molecule has 6 heteroatoms. The number of nitrogens with zero attached hydrogens (tertiary/aromatic N) is 2. The summed E-state index contributed by atoms with van der Waals surface area (Å²) >= 11 is 0. The van der Waals surface area contributed by atoms with E-state index in [2.05, 4.69) is 10.4 Å². The van der Waals surface area contributed by atoms with E-state index in [0.29, 0.717) is 19.3 Å². The maximum absolute atomic E-state index is 12.2. The lowest BCUT2D eigenvalue weighted by Crippen LogP contribution is -2.13. The average Bonchev–Trinajstić information content (AvgIpc) is 2.79. The number of carboxylic acids is 1. The average molecular weight is 343 g/mol. The van der Waals surface area contributed by atoms with E-state index in [4.69, 9.17) is 5.11 Å². The van der Waals surface area contributed by atoms with Gasteiger partial charge in [-0.2, -0.15) is 5.10 Å². The molecule has 0 aliphatic rings. The number of carbonyl (C=O) groups excluding carboxylic acids is 1. The summed E-state index contributed by atoms with van der Waals surface area (Å²) in [6.45, 7) is 5.64. The molecule has 2 aromatic rings. The summed E-state index contributed by atoms with van der Waals surface area (Å²) in [7, 11) is 1.90. The first-order valence-electron chi connectivity index (χ1n) is 8.38. The predicted octanol–water partition coefficient (Wildman–Crippen LogP) is 2.87. The van der Waals surface area contributed by atoms with E-state index < -0.39 is 11.9 Å². The molecule has 1 aromatic carbocycles. The summed E-state index contributed by atoms with van der Waals surface area (Å²) in [5.41, 5.74) is 4.83. The second-order valence-electron chi connectivity index (χ2n) is 6.46. The Kier molecular flexibility index (Phi) is 5.96. The molecular weight excluding hydrogens is 318 g/mol. The number of aromatic nitrogens is 2. The quantitative estimate of drug-likeness (QED) is 0.809. The van der Waals surface area contributed by atoms with Crippen LogP contribution < -0.4 is 5.32 Å². The van der Waals surface area contributed by atoms with Gasteiger partial charge in [-0.1, -0.05) is 19.1 Å². The zero-order valence-electron chi connectivity index (χ0n) is 15.2. The minimum atomic E-state index is -0.807. The molecule has 2 rings (SSSR count). The zero-order chi connectivity index (χ0) is 18.6. The molecule has 1 amide bonds. The van der Waals surface area contributed by atoms with Crippen LogP contribution >= 0.6 is 0 Å². The van der Waals surface area contributed by atoms with Crippen molar-refractivity contribution >= 4 is 17.6 Å². The second kappa shape index (κ2) is 7.96. The molecule has 0 radical (unpaired) electrons. The molecule has 0 aliphatic heterocycles. The Morgan fingerprint density at radius 1 is 1.24 bits per heavy atom. The van der Waals surface area contributed by atoms with E-state index in [1.54, 1.807) is 6.92 Å². The maximum atomic E-state index is 12.2. The first kappa shape index (κ1) is 18.7. The van der Waals surface area contributed by atoms with Crippen molar-refractivity contribution in [3.8, 4) is 0 Å². The molecular formula is C19H25N3O3. The van der Waals surface area contributed by atoms with E-state index in [1.165, 1.54) is 0 Å². The number of hydrogen-bond donors (Lipinski definition) is 2. The Labute approximate surface area is 147 Å². The summed E-state index contributed by atoms with van der Waals surface area (Å²) in [6, 6.07) is 7.32. The van der Waals surface area contributed by atoms with E-state index in [9.17, 15) is 9.59 Å². The van der Waals surface area contributed by atoms with Crippen LogP contribution in [0.25, 0.3) is 0 Å². The van der Waals surface area contributed by atoms with Gasteiger partial charge in [-0.3, -0.25) is 14.3 Å². The largest absolute Gasteiger partial charge is 0.481 e. The van der Waals surface area contributed by atoms with Crippen molar-refractivity contribution in [2.75, 3.05) is 5.32 Å². The number of carboxylic acid groups (broad SMARTS) is 1. The van der Waals surface area contributed by atoms with Crippen molar-refractivity contribution < 1.29 is 14.7 Å². The number of carbonyl (C=O) groups is 2. The molecule has 25 heavy (non-hydrogen) atoms. The monoisotopic (exact) mass is 343 g/mol. The van der Waals surface area contributed by atoms with Gasteiger partial charge in [0, 0.05) is 24.8 Å². The molecule has 134 valence electrons. The molecule has 1 atom stereocenters. The van der Waals surface area contributed by atoms with E-state index in [-0.39, 0.29) is 5.91 Å². The van der Waals surface area contributed by atoms with Crippen LogP contribution in [0.5, 0.6) is 0 Å². The molecule has 0 spiro atoms. The lowest BCUT2D eigenvalue weighted by Gasteiger charge is -2.09. The topological polar surface area (TPSA) is 84.2 Å². The minimum Gasteiger partial charge on any atom is -0.481 e. The fourth-order valence-corrected chi connectivity index (χ4v) is 2.81. The summed E-state index contributed by atoms with van der Waals surface area (Å²) in [6.07, 6.45) is 1.53. The van der Waals surface area contributed by atoms with Gasteiger partial charge >= 0.3 is 5.97 Å². The molecule has 0 aliphatic carbocycles. The van der Waals surface area contributed by atoms with Gasteiger partial charge in [-0.15, -0.1) is 0 Å². The van der Waals surface area contributed by atoms with Crippen LogP contribution in [0.15, 0.2) is 24.3 Å². The van der Waals surface area contributed by atoms with Crippen LogP contribution in [0.2, 0.25) is 0 Å². The van der Waals surface area contributed by atoms with Crippen molar-refractivity contribution in [3.05, 3.63) is 46.8 Å². The van der Waals surface area contributed by atoms with Crippen molar-refractivity contribution in [1.82, 2.24) is 9.78 Å². The zero-order valence-corrected chi connectivity index (χ0v) is 15.2. The molecule has 0 bridgehead atoms. The number of aryl methyl sites for hydroxylation is 2. The number of hydrogen-bond acceptors (Lipinski definition) is 3. The number of anilines is 1. The van der Waals surface area contributed by atoms with Gasteiger partial charge in [0.15, 0.2) is 0 Å². The number of nitrogens with one attached hydrogen (secondary N) is 1. The van der Waals surface area contributed by atoms with Crippen LogP contribution in [0.3, 0.4) is 0 Å². The van der Waals surface area contributed by atoms with Crippen LogP contribution in [0, 0.1) is 19.8 Å². The fourth-order valence-electron chi connectivity index (χ4n) is 2.81. The Morgan fingerprint density at radius 3 is 2.40 bits per heavy atom. The van der Waals surface area contributed by atoms with E-state index in [0.717, 1.165) is 28.2 Å². The predicted molar refractivity (Wildman–Crippen MR) is 96.6 cm³/mol. The highest BCUT2D eigenvalue weighted by Crippen LogP contribution is 2.16. The highest BCUT2D eigenvalue weighted by atomic mass is 16.4. The molecule has 1 aromatic heterocycles. The number of rotatable bonds is 7. The highest BCUT2D eigenvalue weighted by molar-refractivity contribution is 5.90. The SMILES string of the molecule is Cc1nn(C)c(C)c1CCC(=O)Nc1ccc(CC(C)C(=O)O)cc1. The molecule has 2 N–H and O–H groups in total. The Morgan fingerprint density at radius 2 is 1.88 bits per heavy atom. The van der Waals surface area contributed by atoms with Crippen LogP contribution in [-0.4, -0.2) is 26.8 Å². The summed E-state index contributed by atoms with van der Waals surface area (Å²) < 4.78 is 1.83. The van der Waals surface area contributed by atoms with Crippen LogP contribution in [0.4, 0.5) is 5.69 Å². The number of aliphatic carboxylic acids is 1. The van der Waals surface area contributed by atoms with Gasteiger partial charge < -0.3 is 10.4 Å². The molecule has 6 nitrogen and oxygen atoms in total. The van der Waals surface area contributed by atoms with Gasteiger partial charge in [0.2, 0.25) is 5.91 Å². The second-order valence-corrected chi connectivity index (χ2v) is 6.46. The van der Waals surface area contributed by atoms with Crippen molar-refractivity contribution in [3.63, 3.8) is 0 Å². The first-order chi connectivity index (χ1) is 11.8. The van der Waals surface area contributed by atoms with E-state index in [1.807, 2.05) is 49.8 Å². The fraction of sp³-hybridized carbons (Fsp3) is 0.421. The van der Waals surface area contributed by atoms with Crippen molar-refractivity contribution in [2.45, 2.75) is 40.0 Å². The minimum absolute atomic E-state index is 0.0469. The van der Waals surface area contributed by atoms with Crippen LogP contribution in [0.1, 0.15) is 35.9 Å². The Hall–Kier alpha value is -2.63. The third kappa shape index (κ3) is 4.92. The smallest absolute Gasteiger partial charge is 0.306 e. The Balaban J connectivity index is 1.89. The third-order valence-electron chi connectivity index (χ3n) is 4.46. The van der Waals surface area contributed by atoms with Gasteiger partial charge in [-0.25, -0.2) is 0 Å². The Bertz CT molecular complexity index is 763. The summed E-state index contributed by atoms with van der Waals surface area (Å²) in [5, 5.41) is 16.2. The number of benzene rings is 1. The standard InChI is InChI=1S/C19H25N3O3/c1-12(19(24)25)11-15-5-7-16(8-6-15)20-18(23)10-9-17-13(2)21-22(4)14(17)3/h5-8,12H,9-11H2,1-4H3,(H,20,23)(H,24,25). The van der Waals surface area contributed by atoms with Crippen molar-refractivity contribution in [1.29, 1.82) is 0 Å². The lowest BCUT2D eigenvalue weighted by atomic mass is 10.0. The van der Waals surface area contributed by atoms with Crippen molar-refractivity contribution in [2.24, 2.45) is 13.0 Å². The van der Waals surface area contributed by atoms with Gasteiger partial charge in [0.05, 0.1) is 11.6 Å². The molecule has 1 unspecified atom stereocenters. The third-order valence-corrected chi connectivity index (χ3v) is 4.46. The van der Waals surface area contributed by atoms with Gasteiger partial charge in [-0.05, 0) is 49.9 Å². The maximum Gasteiger partial charge on any atom is 0.306 e. The highest BCUT2D eigenvalue weighted by Gasteiger charge is 2.13. The lowest BCUT2D eigenvalue weighted by molar-refractivity contribution is -0.141. The van der Waals surface area contributed by atoms with E-state index >= 15 is 0 Å². The normalized spacial score (nSPS) is 12.0. The van der Waals surface area contributed by atoms with Crippen LogP contribution in [-0.2, 0) is 29.5 Å². The molecule has 1 heterocycles. The summed E-state index contributed by atoms with van der Waals surface area (Å²) in [4.78, 5) is 23.0. The summed E-state index contributed by atoms with van der Waals surface area (Å²) in [5.74, 6) is -1.28. The molecule has 0 saturated carbocycles. The number of amides is 1. The van der Waals surface area contributed by atoms with Gasteiger partial charge in [0.1, 0.15) is 0 Å². The molecule has 0 fully saturated rings. The first-order valence-corrected chi connectivity index (χ1v) is 8.38.